The van der Waals surface area contributed by atoms with Crippen LogP contribution in [0.4, 0.5) is 0 Å². The maximum Gasteiger partial charge on any atom is 0.171 e. The zero-order chi connectivity index (χ0) is 13.5. The summed E-state index contributed by atoms with van der Waals surface area (Å²) >= 11 is 5.86. The molecule has 0 amide bonds. The van der Waals surface area contributed by atoms with Gasteiger partial charge in [-0.3, -0.25) is 0 Å². The first kappa shape index (κ1) is 15.4. The van der Waals surface area contributed by atoms with Crippen molar-refractivity contribution in [1.29, 1.82) is 0 Å². The Morgan fingerprint density at radius 2 is 1.67 bits per heavy atom. The van der Waals surface area contributed by atoms with Crippen molar-refractivity contribution in [3.8, 4) is 0 Å². The van der Waals surface area contributed by atoms with Gasteiger partial charge in [-0.25, -0.2) is 0 Å². The fraction of sp³-hybridized carbons (Fsp3) is 0.571. The van der Waals surface area contributed by atoms with Gasteiger partial charge in [0.25, 0.3) is 0 Å². The Morgan fingerprint density at radius 3 is 2.17 bits per heavy atom. The summed E-state index contributed by atoms with van der Waals surface area (Å²) in [5.41, 5.74) is 1.26. The van der Waals surface area contributed by atoms with Crippen LogP contribution in [-0.2, 0) is 15.9 Å². The zero-order valence-electron chi connectivity index (χ0n) is 11.4. The van der Waals surface area contributed by atoms with Crippen molar-refractivity contribution < 1.29 is 9.47 Å². The van der Waals surface area contributed by atoms with E-state index in [2.05, 4.69) is 31.3 Å². The summed E-state index contributed by atoms with van der Waals surface area (Å²) in [7, 11) is 3.30. The van der Waals surface area contributed by atoms with Gasteiger partial charge >= 0.3 is 0 Å². The van der Waals surface area contributed by atoms with Crippen molar-refractivity contribution in [2.75, 3.05) is 14.2 Å². The van der Waals surface area contributed by atoms with E-state index in [1.807, 2.05) is 12.1 Å². The van der Waals surface area contributed by atoms with Gasteiger partial charge in [-0.15, -0.1) is 0 Å². The molecule has 0 aromatic heterocycles. The Kier molecular flexibility index (Phi) is 6.65. The Balaban J connectivity index is 2.45. The van der Waals surface area contributed by atoms with Gasteiger partial charge in [0.2, 0.25) is 0 Å². The summed E-state index contributed by atoms with van der Waals surface area (Å²) in [5.74, 6) is 0. The summed E-state index contributed by atoms with van der Waals surface area (Å²) in [6.45, 7) is 4.20. The Bertz CT molecular complexity index is 338. The van der Waals surface area contributed by atoms with E-state index in [0.717, 1.165) is 11.4 Å². The number of methoxy groups -OCH3 is 2. The Labute approximate surface area is 114 Å². The van der Waals surface area contributed by atoms with E-state index in [0.29, 0.717) is 6.04 Å². The topological polar surface area (TPSA) is 30.5 Å². The molecule has 18 heavy (non-hydrogen) atoms. The van der Waals surface area contributed by atoms with Crippen LogP contribution >= 0.6 is 11.6 Å². The lowest BCUT2D eigenvalue weighted by molar-refractivity contribution is -0.120. The molecule has 0 radical (unpaired) electrons. The maximum absolute atomic E-state index is 5.86. The van der Waals surface area contributed by atoms with Crippen molar-refractivity contribution >= 4 is 11.6 Å². The molecule has 0 saturated carbocycles. The van der Waals surface area contributed by atoms with Crippen LogP contribution in [-0.4, -0.2) is 32.6 Å². The summed E-state index contributed by atoms with van der Waals surface area (Å²) < 4.78 is 10.5. The van der Waals surface area contributed by atoms with Gasteiger partial charge in [-0.05, 0) is 38.0 Å². The maximum atomic E-state index is 5.86. The molecule has 1 rings (SSSR count). The largest absolute Gasteiger partial charge is 0.354 e. The second-order valence-corrected chi connectivity index (χ2v) is 4.96. The third kappa shape index (κ3) is 4.94. The second-order valence-electron chi connectivity index (χ2n) is 4.53. The smallest absolute Gasteiger partial charge is 0.171 e. The van der Waals surface area contributed by atoms with Crippen LogP contribution in [0.3, 0.4) is 0 Å². The Hall–Kier alpha value is -0.610. The first-order chi connectivity index (χ1) is 8.56. The van der Waals surface area contributed by atoms with Crippen LogP contribution in [0.15, 0.2) is 24.3 Å². The van der Waals surface area contributed by atoms with E-state index in [1.54, 1.807) is 14.2 Å². The normalized spacial score (nSPS) is 14.8. The molecule has 0 aliphatic rings. The third-order valence-corrected chi connectivity index (χ3v) is 3.13. The van der Waals surface area contributed by atoms with Crippen LogP contribution < -0.4 is 5.32 Å². The first-order valence-electron chi connectivity index (χ1n) is 6.13. The van der Waals surface area contributed by atoms with E-state index in [4.69, 9.17) is 21.1 Å². The Morgan fingerprint density at radius 1 is 1.11 bits per heavy atom. The van der Waals surface area contributed by atoms with Gasteiger partial charge < -0.3 is 14.8 Å². The minimum Gasteiger partial charge on any atom is -0.354 e. The molecular formula is C14H22ClNO2. The summed E-state index contributed by atoms with van der Waals surface area (Å²) in [6, 6.07) is 8.42. The lowest BCUT2D eigenvalue weighted by Crippen LogP contribution is -2.44. The van der Waals surface area contributed by atoms with Crippen molar-refractivity contribution in [3.63, 3.8) is 0 Å². The van der Waals surface area contributed by atoms with Crippen LogP contribution in [0.1, 0.15) is 19.4 Å². The van der Waals surface area contributed by atoms with Crippen molar-refractivity contribution in [3.05, 3.63) is 34.9 Å². The fourth-order valence-electron chi connectivity index (χ4n) is 2.06. The predicted molar refractivity (Wildman–Crippen MR) is 75.0 cm³/mol. The van der Waals surface area contributed by atoms with Gasteiger partial charge in [-0.2, -0.15) is 0 Å². The zero-order valence-corrected chi connectivity index (χ0v) is 12.2. The molecule has 0 spiro atoms. The molecule has 0 heterocycles. The van der Waals surface area contributed by atoms with Crippen molar-refractivity contribution in [2.45, 2.75) is 38.6 Å². The molecule has 1 aromatic rings. The second kappa shape index (κ2) is 7.74. The SMILES string of the molecule is COC(OC)C(C)NC(C)Cc1ccc(Cl)cc1. The van der Waals surface area contributed by atoms with Crippen LogP contribution in [0.25, 0.3) is 0 Å². The van der Waals surface area contributed by atoms with Gasteiger partial charge in [0.1, 0.15) is 0 Å². The highest BCUT2D eigenvalue weighted by Gasteiger charge is 2.17. The number of rotatable bonds is 7. The van der Waals surface area contributed by atoms with E-state index >= 15 is 0 Å². The van der Waals surface area contributed by atoms with Crippen molar-refractivity contribution in [2.24, 2.45) is 0 Å². The minimum atomic E-state index is -0.224. The monoisotopic (exact) mass is 271 g/mol. The average molecular weight is 272 g/mol. The van der Waals surface area contributed by atoms with Gasteiger partial charge in [-0.1, -0.05) is 23.7 Å². The van der Waals surface area contributed by atoms with Crippen LogP contribution in [0.5, 0.6) is 0 Å². The highest BCUT2D eigenvalue weighted by molar-refractivity contribution is 6.30. The summed E-state index contributed by atoms with van der Waals surface area (Å²) in [5, 5.41) is 4.23. The van der Waals surface area contributed by atoms with E-state index < -0.39 is 0 Å². The molecule has 3 nitrogen and oxygen atoms in total. The number of nitrogens with one attached hydrogen (secondary N) is 1. The molecule has 0 fully saturated rings. The van der Waals surface area contributed by atoms with Gasteiger partial charge in [0, 0.05) is 25.3 Å². The molecule has 1 N–H and O–H groups in total. The molecule has 2 atom stereocenters. The van der Waals surface area contributed by atoms with E-state index in [1.165, 1.54) is 5.56 Å². The molecule has 0 aliphatic carbocycles. The van der Waals surface area contributed by atoms with Crippen LogP contribution in [0, 0.1) is 0 Å². The highest BCUT2D eigenvalue weighted by Crippen LogP contribution is 2.11. The lowest BCUT2D eigenvalue weighted by Gasteiger charge is -2.25. The quantitative estimate of drug-likeness (QED) is 0.774. The highest BCUT2D eigenvalue weighted by atomic mass is 35.5. The molecule has 2 unspecified atom stereocenters. The van der Waals surface area contributed by atoms with E-state index in [-0.39, 0.29) is 12.3 Å². The first-order valence-corrected chi connectivity index (χ1v) is 6.50. The molecule has 102 valence electrons. The molecule has 0 bridgehead atoms. The molecular weight excluding hydrogens is 250 g/mol. The van der Waals surface area contributed by atoms with Gasteiger partial charge in [0.15, 0.2) is 6.29 Å². The van der Waals surface area contributed by atoms with Crippen molar-refractivity contribution in [1.82, 2.24) is 5.32 Å². The number of halogens is 1. The molecule has 4 heteroatoms. The minimum absolute atomic E-state index is 0.141. The average Bonchev–Trinajstić information content (AvgIpc) is 2.33. The van der Waals surface area contributed by atoms with Gasteiger partial charge in [0.05, 0.1) is 6.04 Å². The number of hydrogen-bond acceptors (Lipinski definition) is 3. The van der Waals surface area contributed by atoms with E-state index in [9.17, 15) is 0 Å². The summed E-state index contributed by atoms with van der Waals surface area (Å²) in [6.07, 6.45) is 0.722. The summed E-state index contributed by atoms with van der Waals surface area (Å²) in [4.78, 5) is 0. The molecule has 0 aliphatic heterocycles. The number of benzene rings is 1. The predicted octanol–water partition coefficient (Wildman–Crippen LogP) is 2.87. The number of ether oxygens (including phenoxy) is 2. The number of hydrogen-bond donors (Lipinski definition) is 1. The standard InChI is InChI=1S/C14H22ClNO2/c1-10(16-11(2)14(17-3)18-4)9-12-5-7-13(15)8-6-12/h5-8,10-11,14,16H,9H2,1-4H3. The fourth-order valence-corrected chi connectivity index (χ4v) is 2.19. The molecule has 1 aromatic carbocycles. The molecule has 0 saturated heterocycles. The third-order valence-electron chi connectivity index (χ3n) is 2.88. The lowest BCUT2D eigenvalue weighted by atomic mass is 10.1. The van der Waals surface area contributed by atoms with Crippen LogP contribution in [0.2, 0.25) is 5.02 Å².